The van der Waals surface area contributed by atoms with Crippen molar-refractivity contribution in [3.8, 4) is 0 Å². The standard InChI is InChI=1S/C21H22IN3O.ClH/c1-14-6-7-18(17(22)12-14)24-21(26)13-25-19-5-3-2-4-15(19)16-8-10-23-11-9-20(16)25;/h2-7,12,23H,8-11,13H2,1H3,(H,24,26);1H. The number of nitrogens with zero attached hydrogens (tertiary/aromatic N) is 1. The molecule has 0 bridgehead atoms. The second kappa shape index (κ2) is 8.63. The van der Waals surface area contributed by atoms with Gasteiger partial charge in [0, 0.05) is 33.1 Å². The maximum atomic E-state index is 12.8. The van der Waals surface area contributed by atoms with Crippen molar-refractivity contribution in [2.75, 3.05) is 18.4 Å². The minimum Gasteiger partial charge on any atom is -0.335 e. The minimum atomic E-state index is 0. The Labute approximate surface area is 179 Å². The molecule has 1 aromatic heterocycles. The maximum Gasteiger partial charge on any atom is 0.244 e. The normalized spacial score (nSPS) is 13.6. The van der Waals surface area contributed by atoms with E-state index in [1.165, 1.54) is 22.2 Å². The number of hydrogen-bond acceptors (Lipinski definition) is 2. The average Bonchev–Trinajstić information content (AvgIpc) is 2.78. The van der Waals surface area contributed by atoms with E-state index in [9.17, 15) is 4.79 Å². The van der Waals surface area contributed by atoms with Crippen LogP contribution in [-0.2, 0) is 24.2 Å². The average molecular weight is 496 g/mol. The van der Waals surface area contributed by atoms with Crippen LogP contribution in [0.4, 0.5) is 5.69 Å². The number of para-hydroxylation sites is 1. The first-order chi connectivity index (χ1) is 12.6. The predicted molar refractivity (Wildman–Crippen MR) is 122 cm³/mol. The van der Waals surface area contributed by atoms with Gasteiger partial charge in [0.15, 0.2) is 0 Å². The number of fused-ring (bicyclic) bond motifs is 3. The van der Waals surface area contributed by atoms with Crippen LogP contribution in [0.5, 0.6) is 0 Å². The molecule has 3 aromatic rings. The van der Waals surface area contributed by atoms with Crippen LogP contribution in [0.25, 0.3) is 10.9 Å². The first-order valence-corrected chi connectivity index (χ1v) is 10.1. The number of halogens is 2. The fourth-order valence-corrected chi connectivity index (χ4v) is 4.58. The summed E-state index contributed by atoms with van der Waals surface area (Å²) in [6.07, 6.45) is 1.97. The number of hydrogen-bond donors (Lipinski definition) is 2. The number of rotatable bonds is 3. The zero-order valence-electron chi connectivity index (χ0n) is 15.2. The van der Waals surface area contributed by atoms with Gasteiger partial charge in [-0.05, 0) is 71.8 Å². The van der Waals surface area contributed by atoms with E-state index in [0.29, 0.717) is 6.54 Å². The molecule has 2 aromatic carbocycles. The number of nitrogens with one attached hydrogen (secondary N) is 2. The van der Waals surface area contributed by atoms with E-state index in [-0.39, 0.29) is 18.3 Å². The molecule has 1 aliphatic heterocycles. The quantitative estimate of drug-likeness (QED) is 0.532. The monoisotopic (exact) mass is 495 g/mol. The Kier molecular flexibility index (Phi) is 6.44. The van der Waals surface area contributed by atoms with E-state index >= 15 is 0 Å². The van der Waals surface area contributed by atoms with Crippen molar-refractivity contribution in [1.29, 1.82) is 0 Å². The summed E-state index contributed by atoms with van der Waals surface area (Å²) in [6, 6.07) is 14.5. The number of benzene rings is 2. The van der Waals surface area contributed by atoms with Gasteiger partial charge in [-0.15, -0.1) is 12.4 Å². The molecular formula is C21H23ClIN3O. The van der Waals surface area contributed by atoms with E-state index in [1.54, 1.807) is 0 Å². The Morgan fingerprint density at radius 1 is 1.19 bits per heavy atom. The third-order valence-electron chi connectivity index (χ3n) is 4.98. The van der Waals surface area contributed by atoms with Crippen LogP contribution in [-0.4, -0.2) is 23.6 Å². The summed E-state index contributed by atoms with van der Waals surface area (Å²) in [5.74, 6) is 0.0209. The molecule has 1 aliphatic rings. The van der Waals surface area contributed by atoms with Crippen LogP contribution in [0.2, 0.25) is 0 Å². The van der Waals surface area contributed by atoms with Crippen LogP contribution in [0.15, 0.2) is 42.5 Å². The summed E-state index contributed by atoms with van der Waals surface area (Å²) in [6.45, 7) is 4.36. The molecule has 0 unspecified atom stereocenters. The van der Waals surface area contributed by atoms with E-state index < -0.39 is 0 Å². The Bertz CT molecular complexity index is 983. The van der Waals surface area contributed by atoms with Crippen molar-refractivity contribution < 1.29 is 4.79 Å². The van der Waals surface area contributed by atoms with Crippen LogP contribution < -0.4 is 10.6 Å². The molecule has 6 heteroatoms. The van der Waals surface area contributed by atoms with Crippen LogP contribution in [0.1, 0.15) is 16.8 Å². The summed E-state index contributed by atoms with van der Waals surface area (Å²) in [4.78, 5) is 12.8. The molecule has 0 saturated carbocycles. The molecule has 0 spiro atoms. The van der Waals surface area contributed by atoms with Gasteiger partial charge in [-0.25, -0.2) is 0 Å². The molecule has 2 N–H and O–H groups in total. The highest BCUT2D eigenvalue weighted by molar-refractivity contribution is 14.1. The molecule has 27 heavy (non-hydrogen) atoms. The van der Waals surface area contributed by atoms with Gasteiger partial charge < -0.3 is 15.2 Å². The predicted octanol–water partition coefficient (Wildman–Crippen LogP) is 4.30. The van der Waals surface area contributed by atoms with E-state index in [2.05, 4.69) is 75.0 Å². The lowest BCUT2D eigenvalue weighted by Crippen LogP contribution is -2.22. The third-order valence-corrected chi connectivity index (χ3v) is 5.88. The number of amides is 1. The Morgan fingerprint density at radius 2 is 1.96 bits per heavy atom. The zero-order valence-corrected chi connectivity index (χ0v) is 18.2. The van der Waals surface area contributed by atoms with E-state index in [0.717, 1.165) is 40.7 Å². The molecule has 0 radical (unpaired) electrons. The fraction of sp³-hybridized carbons (Fsp3) is 0.286. The highest BCUT2D eigenvalue weighted by Crippen LogP contribution is 2.28. The highest BCUT2D eigenvalue weighted by atomic mass is 127. The van der Waals surface area contributed by atoms with Crippen LogP contribution >= 0.6 is 35.0 Å². The van der Waals surface area contributed by atoms with Crippen molar-refractivity contribution in [1.82, 2.24) is 9.88 Å². The lowest BCUT2D eigenvalue weighted by atomic mass is 10.1. The fourth-order valence-electron chi connectivity index (χ4n) is 3.77. The molecule has 4 nitrogen and oxygen atoms in total. The van der Waals surface area contributed by atoms with Gasteiger partial charge in [-0.2, -0.15) is 0 Å². The second-order valence-electron chi connectivity index (χ2n) is 6.81. The van der Waals surface area contributed by atoms with Gasteiger partial charge in [0.1, 0.15) is 6.54 Å². The number of carbonyl (C=O) groups is 1. The van der Waals surface area contributed by atoms with Crippen molar-refractivity contribution in [3.63, 3.8) is 0 Å². The molecule has 0 atom stereocenters. The topological polar surface area (TPSA) is 46.1 Å². The molecule has 0 fully saturated rings. The zero-order chi connectivity index (χ0) is 18.1. The van der Waals surface area contributed by atoms with Crippen molar-refractivity contribution >= 4 is 57.5 Å². The van der Waals surface area contributed by atoms with Crippen molar-refractivity contribution in [2.24, 2.45) is 0 Å². The number of aromatic nitrogens is 1. The maximum absolute atomic E-state index is 12.8. The highest BCUT2D eigenvalue weighted by Gasteiger charge is 2.20. The van der Waals surface area contributed by atoms with E-state index in [4.69, 9.17) is 0 Å². The summed E-state index contributed by atoms with van der Waals surface area (Å²) >= 11 is 2.27. The van der Waals surface area contributed by atoms with E-state index in [1.807, 2.05) is 12.1 Å². The van der Waals surface area contributed by atoms with Crippen molar-refractivity contribution in [2.45, 2.75) is 26.3 Å². The SMILES string of the molecule is Cc1ccc(NC(=O)Cn2c3c(c4ccccc42)CCNCC3)c(I)c1.Cl. The number of carbonyl (C=O) groups excluding carboxylic acids is 1. The smallest absolute Gasteiger partial charge is 0.244 e. The van der Waals surface area contributed by atoms with Crippen LogP contribution in [0, 0.1) is 10.5 Å². The Balaban J connectivity index is 0.00000210. The second-order valence-corrected chi connectivity index (χ2v) is 7.97. The van der Waals surface area contributed by atoms with Crippen LogP contribution in [0.3, 0.4) is 0 Å². The minimum absolute atomic E-state index is 0. The number of anilines is 1. The first-order valence-electron chi connectivity index (χ1n) is 8.99. The molecule has 0 saturated heterocycles. The Hall–Kier alpha value is -1.57. The summed E-state index contributed by atoms with van der Waals surface area (Å²) < 4.78 is 3.27. The van der Waals surface area contributed by atoms with Gasteiger partial charge in [0.2, 0.25) is 5.91 Å². The lowest BCUT2D eigenvalue weighted by molar-refractivity contribution is -0.116. The Morgan fingerprint density at radius 3 is 2.78 bits per heavy atom. The lowest BCUT2D eigenvalue weighted by Gasteiger charge is -2.12. The van der Waals surface area contributed by atoms with Crippen molar-refractivity contribution in [3.05, 3.63) is 62.9 Å². The molecule has 2 heterocycles. The molecular weight excluding hydrogens is 473 g/mol. The molecule has 1 amide bonds. The molecule has 142 valence electrons. The largest absolute Gasteiger partial charge is 0.335 e. The number of aryl methyl sites for hydroxylation is 1. The summed E-state index contributed by atoms with van der Waals surface area (Å²) in [5, 5.41) is 7.82. The summed E-state index contributed by atoms with van der Waals surface area (Å²) in [5.41, 5.74) is 5.92. The first kappa shape index (κ1) is 20.2. The third kappa shape index (κ3) is 4.15. The van der Waals surface area contributed by atoms with Gasteiger partial charge >= 0.3 is 0 Å². The molecule has 4 rings (SSSR count). The van der Waals surface area contributed by atoms with Gasteiger partial charge in [0.05, 0.1) is 5.69 Å². The molecule has 0 aliphatic carbocycles. The van der Waals surface area contributed by atoms with Gasteiger partial charge in [0.25, 0.3) is 0 Å². The van der Waals surface area contributed by atoms with Gasteiger partial charge in [-0.3, -0.25) is 4.79 Å². The van der Waals surface area contributed by atoms with Gasteiger partial charge in [-0.1, -0.05) is 24.3 Å². The summed E-state index contributed by atoms with van der Waals surface area (Å²) in [7, 11) is 0.